The van der Waals surface area contributed by atoms with E-state index in [1.165, 1.54) is 269 Å². The van der Waals surface area contributed by atoms with E-state index in [4.69, 9.17) is 0 Å². The van der Waals surface area contributed by atoms with Gasteiger partial charge in [0.15, 0.2) is 0 Å². The summed E-state index contributed by atoms with van der Waals surface area (Å²) in [7, 11) is 0. The first kappa shape index (κ1) is 82.7. The van der Waals surface area contributed by atoms with Crippen LogP contribution >= 0.6 is 0 Å². The maximum Gasteiger partial charge on any atom is -0.00259 e. The number of hydrogen-bond acceptors (Lipinski definition) is 0. The van der Waals surface area contributed by atoms with Crippen LogP contribution in [0.5, 0.6) is 0 Å². The summed E-state index contributed by atoms with van der Waals surface area (Å²) < 4.78 is 0. The van der Waals surface area contributed by atoms with Crippen molar-refractivity contribution in [2.24, 2.45) is 0 Å². The van der Waals surface area contributed by atoms with Crippen LogP contribution in [-0.4, -0.2) is 0 Å². The van der Waals surface area contributed by atoms with Gasteiger partial charge in [0.05, 0.1) is 0 Å². The van der Waals surface area contributed by atoms with E-state index in [-0.39, 0.29) is 0 Å². The Labute approximate surface area is 799 Å². The Balaban J connectivity index is 0.000000112. The third-order valence-electron chi connectivity index (χ3n) is 28.1. The fraction of sp³-hybridized carbons (Fsp3) is 0.0219. The van der Waals surface area contributed by atoms with Gasteiger partial charge in [0, 0.05) is 0 Å². The predicted molar refractivity (Wildman–Crippen MR) is 591 cm³/mol. The number of rotatable bonds is 12. The molecule has 0 spiro atoms. The lowest BCUT2D eigenvalue weighted by Crippen LogP contribution is -1.94. The van der Waals surface area contributed by atoms with Crippen molar-refractivity contribution in [3.05, 3.63) is 532 Å². The summed E-state index contributed by atoms with van der Waals surface area (Å²) >= 11 is 0. The Morgan fingerprint density at radius 1 is 0.0949 bits per heavy atom. The molecule has 0 saturated carbocycles. The fourth-order valence-electron chi connectivity index (χ4n) is 21.7. The first-order valence-corrected chi connectivity index (χ1v) is 47.6. The van der Waals surface area contributed by atoms with Crippen molar-refractivity contribution in [3.8, 4) is 134 Å². The molecule has 26 rings (SSSR count). The Hall–Kier alpha value is -17.4. The van der Waals surface area contributed by atoms with Crippen LogP contribution in [-0.2, 0) is 0 Å². The first-order valence-electron chi connectivity index (χ1n) is 47.6. The van der Waals surface area contributed by atoms with Gasteiger partial charge in [0.25, 0.3) is 0 Å². The molecule has 0 heterocycles. The molecule has 0 radical (unpaired) electrons. The highest BCUT2D eigenvalue weighted by atomic mass is 14.3. The van der Waals surface area contributed by atoms with Gasteiger partial charge >= 0.3 is 0 Å². The number of fused-ring (bicyclic) bond motifs is 11. The highest BCUT2D eigenvalue weighted by Crippen LogP contribution is 2.51. The Morgan fingerprint density at radius 3 is 0.613 bits per heavy atom. The Bertz CT molecular complexity index is 9180. The van der Waals surface area contributed by atoms with Gasteiger partial charge in [-0.15, -0.1) is 0 Å². The summed E-state index contributed by atoms with van der Waals surface area (Å²) in [6.07, 6.45) is 0. The van der Waals surface area contributed by atoms with Gasteiger partial charge in [-0.2, -0.15) is 0 Å². The molecular weight excluding hydrogens is 1650 g/mol. The second kappa shape index (κ2) is 35.6. The lowest BCUT2D eigenvalue weighted by Gasteiger charge is -2.20. The van der Waals surface area contributed by atoms with Gasteiger partial charge < -0.3 is 0 Å². The highest BCUT2D eigenvalue weighted by Gasteiger charge is 2.24. The summed E-state index contributed by atoms with van der Waals surface area (Å²) in [4.78, 5) is 0. The van der Waals surface area contributed by atoms with Crippen molar-refractivity contribution in [2.45, 2.75) is 20.8 Å². The normalized spacial score (nSPS) is 11.5. The largest absolute Gasteiger partial charge is 0.0622 e. The van der Waals surface area contributed by atoms with Gasteiger partial charge in [-0.05, 0) is 339 Å². The van der Waals surface area contributed by atoms with Crippen molar-refractivity contribution in [3.63, 3.8) is 0 Å². The molecule has 0 N–H and O–H groups in total. The zero-order chi connectivity index (χ0) is 91.4. The van der Waals surface area contributed by atoms with E-state index in [1.807, 2.05) is 0 Å². The SMILES string of the molecule is Cc1cc(C)c(-c2ccc3c(-c4ccc(-c5ccccc5)cc4)c4ccccc4c(-c4ccc5ccccc5c4)c3c2)c(C)c1.c1ccc(-c2ccc(-c3c4ccccc4c(-c4ccc5ccccc5c4)c4cc(-c5ccc6ccccc6c5)ccc34)cc2)cc1.c1ccc(-c2cccc(-c3c4ccccc4c(-c4ccc5ccccc5c4)c4cc(-c5ccc6ccccc6c5)ccc34)c2)cc1. The van der Waals surface area contributed by atoms with E-state index < -0.39 is 0 Å². The van der Waals surface area contributed by atoms with Gasteiger partial charge in [-0.25, -0.2) is 0 Å². The summed E-state index contributed by atoms with van der Waals surface area (Å²) in [6, 6.07) is 189. The Morgan fingerprint density at radius 2 is 0.277 bits per heavy atom. The zero-order valence-corrected chi connectivity index (χ0v) is 76.6. The van der Waals surface area contributed by atoms with Gasteiger partial charge in [0.2, 0.25) is 0 Å². The van der Waals surface area contributed by atoms with E-state index in [0.29, 0.717) is 0 Å². The fourth-order valence-corrected chi connectivity index (χ4v) is 21.7. The van der Waals surface area contributed by atoms with E-state index in [0.717, 1.165) is 0 Å². The van der Waals surface area contributed by atoms with Crippen molar-refractivity contribution in [2.75, 3.05) is 0 Å². The lowest BCUT2D eigenvalue weighted by molar-refractivity contribution is 1.32. The molecule has 0 amide bonds. The minimum atomic E-state index is 1.22. The topological polar surface area (TPSA) is 0 Å². The van der Waals surface area contributed by atoms with E-state index in [1.54, 1.807) is 0 Å². The zero-order valence-electron chi connectivity index (χ0n) is 76.6. The van der Waals surface area contributed by atoms with Crippen LogP contribution in [0.1, 0.15) is 16.7 Å². The maximum atomic E-state index is 2.44. The molecule has 26 aromatic rings. The smallest absolute Gasteiger partial charge is 0.00259 e. The number of hydrogen-bond donors (Lipinski definition) is 0. The summed E-state index contributed by atoms with van der Waals surface area (Å²) in [5.74, 6) is 0. The van der Waals surface area contributed by atoms with Crippen LogP contribution in [0.25, 0.3) is 252 Å². The molecule has 0 unspecified atom stereocenters. The van der Waals surface area contributed by atoms with Gasteiger partial charge in [-0.1, -0.05) is 467 Å². The molecule has 0 aliphatic heterocycles. The molecule has 0 aromatic heterocycles. The van der Waals surface area contributed by atoms with E-state index >= 15 is 0 Å². The minimum Gasteiger partial charge on any atom is -0.0622 e. The third-order valence-corrected chi connectivity index (χ3v) is 28.1. The number of aryl methyl sites for hydroxylation is 3. The van der Waals surface area contributed by atoms with Crippen LogP contribution in [0.4, 0.5) is 0 Å². The van der Waals surface area contributed by atoms with Crippen molar-refractivity contribution in [1.82, 2.24) is 0 Å². The maximum absolute atomic E-state index is 2.44. The van der Waals surface area contributed by atoms with Crippen molar-refractivity contribution in [1.29, 1.82) is 0 Å². The van der Waals surface area contributed by atoms with Gasteiger partial charge in [-0.3, -0.25) is 0 Å². The van der Waals surface area contributed by atoms with Crippen LogP contribution < -0.4 is 0 Å². The summed E-state index contributed by atoms with van der Waals surface area (Å²) in [5, 5.41) is 27.8. The molecule has 26 aromatic carbocycles. The quantitative estimate of drug-likeness (QED) is 0.107. The predicted octanol–water partition coefficient (Wildman–Crippen LogP) is 38.7. The monoisotopic (exact) mass is 1740 g/mol. The molecule has 137 heavy (non-hydrogen) atoms. The van der Waals surface area contributed by atoms with Crippen molar-refractivity contribution >= 4 is 118 Å². The molecule has 0 aliphatic carbocycles. The second-order valence-electron chi connectivity index (χ2n) is 36.6. The summed E-state index contributed by atoms with van der Waals surface area (Å²) in [5.41, 5.74) is 33.9. The molecule has 0 fully saturated rings. The molecule has 0 atom stereocenters. The molecule has 0 saturated heterocycles. The van der Waals surface area contributed by atoms with Crippen LogP contribution in [0, 0.1) is 20.8 Å². The van der Waals surface area contributed by atoms with Crippen LogP contribution in [0.3, 0.4) is 0 Å². The average Bonchev–Trinajstić information content (AvgIpc) is 0.733. The molecular formula is C137H94. The second-order valence-corrected chi connectivity index (χ2v) is 36.6. The van der Waals surface area contributed by atoms with Crippen LogP contribution in [0.2, 0.25) is 0 Å². The first-order chi connectivity index (χ1) is 67.6. The molecule has 0 aliphatic rings. The molecule has 642 valence electrons. The lowest BCUT2D eigenvalue weighted by atomic mass is 9.83. The van der Waals surface area contributed by atoms with Crippen LogP contribution in [0.15, 0.2) is 516 Å². The average molecular weight is 1740 g/mol. The third kappa shape index (κ3) is 15.7. The van der Waals surface area contributed by atoms with Gasteiger partial charge in [0.1, 0.15) is 0 Å². The standard InChI is InChI=1S/2C46H30.C45H34/c1-2-11-31(12-3-1)36-17-10-18-39(28-36)45-41-19-8-9-20-42(41)46(40-24-22-33-14-5-7-16-35(33)29-40)44-30-38(25-26-43(44)45)37-23-21-32-13-4-6-15-34(32)27-37;1-2-10-31(11-3-1)34-18-22-35(23-19-34)45-41-16-8-9-17-42(41)46(40-25-21-33-13-5-7-15-37(33)29-40)44-30-39(26-27-43(44)45)38-24-20-32-12-4-6-14-36(32)28-38;1-29-25-30(2)43(31(3)26-29)38-23-24-41-42(28-38)45(37-22-19-33-13-7-8-14-36(33)27-37)40-16-10-9-15-39(40)44(41)35-20-17-34(18-21-35)32-11-5-4-6-12-32/h2*1-30H;4-28H,1-3H3. The van der Waals surface area contributed by atoms with E-state index in [2.05, 4.69) is 536 Å². The molecule has 0 bridgehead atoms. The Kier molecular flexibility index (Phi) is 21.5. The highest BCUT2D eigenvalue weighted by molar-refractivity contribution is 6.26. The van der Waals surface area contributed by atoms with Crippen molar-refractivity contribution < 1.29 is 0 Å². The molecule has 0 heteroatoms. The molecule has 0 nitrogen and oxygen atoms in total. The minimum absolute atomic E-state index is 1.22. The summed E-state index contributed by atoms with van der Waals surface area (Å²) in [6.45, 7) is 6.66. The number of benzene rings is 26. The van der Waals surface area contributed by atoms with E-state index in [9.17, 15) is 0 Å².